The maximum absolute atomic E-state index is 13.9. The Morgan fingerprint density at radius 1 is 1.26 bits per heavy atom. The lowest BCUT2D eigenvalue weighted by molar-refractivity contribution is 0.165. The molecule has 0 bridgehead atoms. The van der Waals surface area contributed by atoms with E-state index in [1.165, 1.54) is 22.5 Å². The minimum atomic E-state index is -3.83. The SMILES string of the molecule is O=S(=O)(c1cc(-c2ncc(-c3ccc(Br)c(F)c3)[nH]2)ccc1Cl)N1CCC[C@@H](CO)C1. The fourth-order valence-corrected chi connectivity index (χ4v) is 5.96. The van der Waals surface area contributed by atoms with Gasteiger partial charge in [-0.15, -0.1) is 0 Å². The largest absolute Gasteiger partial charge is 0.396 e. The molecule has 164 valence electrons. The molecule has 2 heterocycles. The third-order valence-corrected chi connectivity index (χ3v) is 8.36. The fraction of sp³-hybridized carbons (Fsp3) is 0.286. The highest BCUT2D eigenvalue weighted by molar-refractivity contribution is 9.10. The number of aliphatic hydroxyl groups excluding tert-OH is 1. The molecule has 0 aliphatic carbocycles. The van der Waals surface area contributed by atoms with E-state index >= 15 is 0 Å². The van der Waals surface area contributed by atoms with Crippen LogP contribution in [0.1, 0.15) is 12.8 Å². The van der Waals surface area contributed by atoms with E-state index in [4.69, 9.17) is 11.6 Å². The summed E-state index contributed by atoms with van der Waals surface area (Å²) >= 11 is 9.39. The molecule has 1 saturated heterocycles. The van der Waals surface area contributed by atoms with Crippen LogP contribution in [0.3, 0.4) is 0 Å². The van der Waals surface area contributed by atoms with Crippen molar-refractivity contribution in [3.8, 4) is 22.6 Å². The van der Waals surface area contributed by atoms with Gasteiger partial charge in [-0.3, -0.25) is 0 Å². The molecule has 0 unspecified atom stereocenters. The van der Waals surface area contributed by atoms with Crippen molar-refractivity contribution in [1.29, 1.82) is 0 Å². The third-order valence-electron chi connectivity index (χ3n) is 5.37. The zero-order valence-corrected chi connectivity index (χ0v) is 19.5. The van der Waals surface area contributed by atoms with Crippen molar-refractivity contribution in [3.63, 3.8) is 0 Å². The Bertz CT molecular complexity index is 1220. The van der Waals surface area contributed by atoms with Gasteiger partial charge in [-0.25, -0.2) is 17.8 Å². The second kappa shape index (κ2) is 8.99. The van der Waals surface area contributed by atoms with Gasteiger partial charge in [0.2, 0.25) is 10.0 Å². The standard InChI is InChI=1S/C21H20BrClFN3O3S/c22-16-5-3-14(8-18(16)24)19-10-25-21(26-19)15-4-6-17(23)20(9-15)31(29,30)27-7-1-2-13(11-27)12-28/h3-6,8-10,13,28H,1-2,7,11-12H2,(H,25,26)/t13-/m1/s1. The van der Waals surface area contributed by atoms with Crippen molar-refractivity contribution >= 4 is 37.6 Å². The first-order valence-electron chi connectivity index (χ1n) is 9.71. The molecule has 1 atom stereocenters. The first-order chi connectivity index (χ1) is 14.8. The van der Waals surface area contributed by atoms with Gasteiger partial charge < -0.3 is 10.1 Å². The summed E-state index contributed by atoms with van der Waals surface area (Å²) in [5, 5.41) is 9.56. The Morgan fingerprint density at radius 2 is 2.03 bits per heavy atom. The van der Waals surface area contributed by atoms with Crippen LogP contribution >= 0.6 is 27.5 Å². The number of aliphatic hydroxyl groups is 1. The molecule has 4 rings (SSSR count). The molecule has 31 heavy (non-hydrogen) atoms. The van der Waals surface area contributed by atoms with Crippen LogP contribution in [0.2, 0.25) is 5.02 Å². The number of piperidine rings is 1. The first-order valence-corrected chi connectivity index (χ1v) is 12.3. The maximum Gasteiger partial charge on any atom is 0.244 e. The van der Waals surface area contributed by atoms with Gasteiger partial charge in [0, 0.05) is 30.8 Å². The summed E-state index contributed by atoms with van der Waals surface area (Å²) in [5.74, 6) is -0.0287. The van der Waals surface area contributed by atoms with E-state index in [1.54, 1.807) is 24.4 Å². The monoisotopic (exact) mass is 527 g/mol. The van der Waals surface area contributed by atoms with Crippen molar-refractivity contribution in [2.24, 2.45) is 5.92 Å². The quantitative estimate of drug-likeness (QED) is 0.503. The molecule has 0 amide bonds. The van der Waals surface area contributed by atoms with Crippen LogP contribution in [0.25, 0.3) is 22.6 Å². The second-order valence-corrected chi connectivity index (χ2v) is 10.6. The molecular weight excluding hydrogens is 509 g/mol. The normalized spacial score (nSPS) is 17.7. The van der Waals surface area contributed by atoms with Crippen LogP contribution in [-0.4, -0.2) is 47.5 Å². The Kier molecular flexibility index (Phi) is 6.50. The molecule has 2 N–H and O–H groups in total. The highest BCUT2D eigenvalue weighted by Gasteiger charge is 2.31. The average Bonchev–Trinajstić information content (AvgIpc) is 3.26. The molecule has 1 aromatic heterocycles. The Morgan fingerprint density at radius 3 is 2.77 bits per heavy atom. The lowest BCUT2D eigenvalue weighted by atomic mass is 10.0. The summed E-state index contributed by atoms with van der Waals surface area (Å²) in [6.45, 7) is 0.602. The molecule has 6 nitrogen and oxygen atoms in total. The van der Waals surface area contributed by atoms with E-state index in [1.807, 2.05) is 0 Å². The minimum absolute atomic E-state index is 0.00195. The molecule has 2 aromatic carbocycles. The number of hydrogen-bond acceptors (Lipinski definition) is 4. The molecule has 0 radical (unpaired) electrons. The highest BCUT2D eigenvalue weighted by Crippen LogP contribution is 2.32. The zero-order chi connectivity index (χ0) is 22.2. The Labute approximate surface area is 193 Å². The molecule has 0 saturated carbocycles. The van der Waals surface area contributed by atoms with Gasteiger partial charge in [-0.2, -0.15) is 4.31 Å². The summed E-state index contributed by atoms with van der Waals surface area (Å²) in [7, 11) is -3.83. The zero-order valence-electron chi connectivity index (χ0n) is 16.4. The van der Waals surface area contributed by atoms with Crippen molar-refractivity contribution in [2.75, 3.05) is 19.7 Å². The predicted octanol–water partition coefficient (Wildman–Crippen LogP) is 4.69. The Balaban J connectivity index is 1.67. The van der Waals surface area contributed by atoms with Crippen molar-refractivity contribution in [2.45, 2.75) is 17.7 Å². The fourth-order valence-electron chi connectivity index (χ4n) is 3.66. The molecular formula is C21H20BrClFN3O3S. The van der Waals surface area contributed by atoms with Crippen molar-refractivity contribution in [3.05, 3.63) is 57.9 Å². The van der Waals surface area contributed by atoms with Gasteiger partial charge in [-0.1, -0.05) is 17.7 Å². The molecule has 1 fully saturated rings. The van der Waals surface area contributed by atoms with E-state index in [2.05, 4.69) is 25.9 Å². The van der Waals surface area contributed by atoms with Gasteiger partial charge >= 0.3 is 0 Å². The van der Waals surface area contributed by atoms with Gasteiger partial charge in [0.15, 0.2) is 0 Å². The lowest BCUT2D eigenvalue weighted by Crippen LogP contribution is -2.41. The van der Waals surface area contributed by atoms with Crippen LogP contribution in [0.5, 0.6) is 0 Å². The predicted molar refractivity (Wildman–Crippen MR) is 121 cm³/mol. The smallest absolute Gasteiger partial charge is 0.244 e. The van der Waals surface area contributed by atoms with Crippen LogP contribution < -0.4 is 0 Å². The number of aromatic nitrogens is 2. The van der Waals surface area contributed by atoms with Crippen LogP contribution in [-0.2, 0) is 10.0 Å². The van der Waals surface area contributed by atoms with E-state index in [0.717, 1.165) is 6.42 Å². The maximum atomic E-state index is 13.9. The number of imidazole rings is 1. The summed E-state index contributed by atoms with van der Waals surface area (Å²) in [4.78, 5) is 7.44. The van der Waals surface area contributed by atoms with E-state index in [-0.39, 0.29) is 29.0 Å². The lowest BCUT2D eigenvalue weighted by Gasteiger charge is -2.31. The summed E-state index contributed by atoms with van der Waals surface area (Å²) in [5.41, 5.74) is 1.76. The molecule has 3 aromatic rings. The number of H-pyrrole nitrogens is 1. The second-order valence-electron chi connectivity index (χ2n) is 7.47. The third kappa shape index (κ3) is 4.56. The summed E-state index contributed by atoms with van der Waals surface area (Å²) in [6, 6.07) is 9.43. The number of hydrogen-bond donors (Lipinski definition) is 2. The molecule has 0 spiro atoms. The van der Waals surface area contributed by atoms with Crippen LogP contribution in [0.4, 0.5) is 4.39 Å². The number of benzene rings is 2. The van der Waals surface area contributed by atoms with Crippen LogP contribution in [0.15, 0.2) is 52.0 Å². The average molecular weight is 529 g/mol. The number of rotatable bonds is 5. The number of sulfonamides is 1. The van der Waals surface area contributed by atoms with Crippen molar-refractivity contribution < 1.29 is 17.9 Å². The molecule has 1 aliphatic heterocycles. The number of halogens is 3. The molecule has 10 heteroatoms. The van der Waals surface area contributed by atoms with E-state index in [0.29, 0.717) is 40.1 Å². The molecule has 1 aliphatic rings. The van der Waals surface area contributed by atoms with E-state index in [9.17, 15) is 17.9 Å². The number of nitrogens with one attached hydrogen (secondary N) is 1. The number of nitrogens with zero attached hydrogens (tertiary/aromatic N) is 2. The van der Waals surface area contributed by atoms with Gasteiger partial charge in [0.05, 0.1) is 21.4 Å². The van der Waals surface area contributed by atoms with Crippen LogP contribution in [0, 0.1) is 11.7 Å². The van der Waals surface area contributed by atoms with Crippen molar-refractivity contribution in [1.82, 2.24) is 14.3 Å². The number of aromatic amines is 1. The highest BCUT2D eigenvalue weighted by atomic mass is 79.9. The minimum Gasteiger partial charge on any atom is -0.396 e. The summed E-state index contributed by atoms with van der Waals surface area (Å²) in [6.07, 6.45) is 3.05. The summed E-state index contributed by atoms with van der Waals surface area (Å²) < 4.78 is 42.1. The first kappa shape index (κ1) is 22.4. The topological polar surface area (TPSA) is 86.3 Å². The van der Waals surface area contributed by atoms with Gasteiger partial charge in [-0.05, 0) is 65.0 Å². The van der Waals surface area contributed by atoms with Gasteiger partial charge in [0.25, 0.3) is 0 Å². The van der Waals surface area contributed by atoms with E-state index < -0.39 is 15.8 Å². The Hall–Kier alpha value is -1.78. The van der Waals surface area contributed by atoms with Gasteiger partial charge in [0.1, 0.15) is 16.5 Å².